The molecule has 3 atom stereocenters. The second-order valence-corrected chi connectivity index (χ2v) is 10.8. The van der Waals surface area contributed by atoms with Gasteiger partial charge >= 0.3 is 6.18 Å². The number of ether oxygens (including phenoxy) is 1. The number of nitrogens with one attached hydrogen (secondary N) is 1. The Morgan fingerprint density at radius 2 is 1.87 bits per heavy atom. The smallest absolute Gasteiger partial charge is 0.418 e. The van der Waals surface area contributed by atoms with Gasteiger partial charge in [-0.05, 0) is 57.7 Å². The van der Waals surface area contributed by atoms with Crippen LogP contribution < -0.4 is 10.1 Å². The summed E-state index contributed by atoms with van der Waals surface area (Å²) < 4.78 is 75.1. The van der Waals surface area contributed by atoms with Crippen LogP contribution in [0.15, 0.2) is 36.7 Å². The van der Waals surface area contributed by atoms with Gasteiger partial charge < -0.3 is 20.3 Å². The summed E-state index contributed by atoms with van der Waals surface area (Å²) in [5.74, 6) is 0.0106. The zero-order valence-electron chi connectivity index (χ0n) is 20.8. The molecule has 7 nitrogen and oxygen atoms in total. The fourth-order valence-electron chi connectivity index (χ4n) is 5.74. The molecule has 0 spiro atoms. The van der Waals surface area contributed by atoms with Gasteiger partial charge in [0.1, 0.15) is 18.1 Å². The lowest BCUT2D eigenvalue weighted by atomic mass is 9.77. The summed E-state index contributed by atoms with van der Waals surface area (Å²) in [6.45, 7) is 3.46. The lowest BCUT2D eigenvalue weighted by Gasteiger charge is -2.41. The van der Waals surface area contributed by atoms with E-state index in [0.29, 0.717) is 24.8 Å². The third kappa shape index (κ3) is 5.21. The minimum Gasteiger partial charge on any atom is -0.492 e. The van der Waals surface area contributed by atoms with E-state index in [-0.39, 0.29) is 47.5 Å². The molecule has 5 rings (SSSR count). The van der Waals surface area contributed by atoms with Crippen molar-refractivity contribution in [2.45, 2.75) is 81.5 Å². The summed E-state index contributed by atoms with van der Waals surface area (Å²) in [5.41, 5.74) is -3.20. The number of hydrogen-bond acceptors (Lipinski definition) is 6. The Kier molecular flexibility index (Phi) is 6.64. The van der Waals surface area contributed by atoms with Gasteiger partial charge in [-0.1, -0.05) is 6.07 Å². The van der Waals surface area contributed by atoms with Crippen LogP contribution in [0.2, 0.25) is 0 Å². The first-order valence-electron chi connectivity index (χ1n) is 12.4. The molecule has 0 unspecified atom stereocenters. The van der Waals surface area contributed by atoms with Crippen LogP contribution >= 0.6 is 0 Å². The molecule has 1 saturated heterocycles. The Bertz CT molecular complexity index is 1300. The molecule has 1 aromatic carbocycles. The van der Waals surface area contributed by atoms with E-state index in [9.17, 15) is 32.2 Å². The second-order valence-electron chi connectivity index (χ2n) is 10.8. The van der Waals surface area contributed by atoms with Crippen LogP contribution in [0.3, 0.4) is 0 Å². The topological polar surface area (TPSA) is 92.4 Å². The van der Waals surface area contributed by atoms with Gasteiger partial charge in [0.25, 0.3) is 6.43 Å². The Hall–Kier alpha value is -2.83. The van der Waals surface area contributed by atoms with Crippen LogP contribution in [0.4, 0.5) is 22.0 Å². The molecule has 2 fully saturated rings. The molecule has 1 saturated carbocycles. The first-order valence-corrected chi connectivity index (χ1v) is 12.4. The third-order valence-corrected chi connectivity index (χ3v) is 7.41. The largest absolute Gasteiger partial charge is 0.492 e. The molecule has 3 N–H and O–H groups in total. The predicted octanol–water partition coefficient (Wildman–Crippen LogP) is 4.88. The minimum atomic E-state index is -4.66. The van der Waals surface area contributed by atoms with Crippen LogP contribution in [-0.4, -0.2) is 49.3 Å². The maximum absolute atomic E-state index is 14.1. The van der Waals surface area contributed by atoms with Crippen molar-refractivity contribution in [3.8, 4) is 5.75 Å². The van der Waals surface area contributed by atoms with Crippen molar-refractivity contribution in [2.75, 3.05) is 6.61 Å². The molecule has 0 amide bonds. The Labute approximate surface area is 215 Å². The second kappa shape index (κ2) is 9.42. The summed E-state index contributed by atoms with van der Waals surface area (Å²) in [6, 6.07) is 4.11. The van der Waals surface area contributed by atoms with E-state index in [2.05, 4.69) is 15.4 Å². The Morgan fingerprint density at radius 1 is 1.13 bits per heavy atom. The van der Waals surface area contributed by atoms with E-state index in [0.717, 1.165) is 6.07 Å². The highest BCUT2D eigenvalue weighted by Gasteiger charge is 2.43. The fourth-order valence-corrected chi connectivity index (χ4v) is 5.74. The average molecular weight is 541 g/mol. The zero-order chi connectivity index (χ0) is 27.5. The van der Waals surface area contributed by atoms with Crippen LogP contribution in [0.5, 0.6) is 5.75 Å². The number of aromatic nitrogens is 3. The van der Waals surface area contributed by atoms with Crippen LogP contribution in [0, 0.1) is 0 Å². The van der Waals surface area contributed by atoms with Gasteiger partial charge in [-0.2, -0.15) is 18.3 Å². The molecular weight excluding hydrogens is 511 g/mol. The van der Waals surface area contributed by atoms with Gasteiger partial charge in [0.15, 0.2) is 0 Å². The van der Waals surface area contributed by atoms with Crippen molar-refractivity contribution < 1.29 is 36.9 Å². The minimum absolute atomic E-state index is 0.0106. The van der Waals surface area contributed by atoms with Crippen LogP contribution in [0.25, 0.3) is 10.9 Å². The number of benzene rings is 1. The average Bonchev–Trinajstić information content (AvgIpc) is 3.23. The number of rotatable bonds is 6. The molecular formula is C26H29F5N4O3. The zero-order valence-corrected chi connectivity index (χ0v) is 20.8. The third-order valence-electron chi connectivity index (χ3n) is 7.41. The summed E-state index contributed by atoms with van der Waals surface area (Å²) >= 11 is 0. The van der Waals surface area contributed by atoms with Crippen molar-refractivity contribution in [3.05, 3.63) is 53.5 Å². The summed E-state index contributed by atoms with van der Waals surface area (Å²) in [5, 5.41) is 29.1. The fraction of sp³-hybridized carbons (Fsp3) is 0.538. The number of aliphatic hydroxyl groups is 2. The van der Waals surface area contributed by atoms with Gasteiger partial charge in [0.05, 0.1) is 34.5 Å². The molecule has 2 aliphatic rings. The SMILES string of the molecule is C[C@H]1C[C@@](O)(c2ccc(C(F)F)nc2)C[C@@H](COc2cc(C(F)(F)F)c3c(cnn3C3CC(C)(O)C3)c2)N1. The summed E-state index contributed by atoms with van der Waals surface area (Å²) in [6.07, 6.45) is -3.70. The highest BCUT2D eigenvalue weighted by atomic mass is 19.4. The van der Waals surface area contributed by atoms with E-state index in [1.54, 1.807) is 6.92 Å². The summed E-state index contributed by atoms with van der Waals surface area (Å²) in [4.78, 5) is 3.75. The van der Waals surface area contributed by atoms with Crippen molar-refractivity contribution in [1.82, 2.24) is 20.1 Å². The maximum Gasteiger partial charge on any atom is 0.418 e. The first-order chi connectivity index (χ1) is 17.7. The van der Waals surface area contributed by atoms with Crippen LogP contribution in [-0.2, 0) is 11.8 Å². The van der Waals surface area contributed by atoms with E-state index in [1.807, 2.05) is 6.92 Å². The maximum atomic E-state index is 14.1. The van der Waals surface area contributed by atoms with E-state index < -0.39 is 35.4 Å². The Balaban J connectivity index is 1.35. The van der Waals surface area contributed by atoms with E-state index in [1.165, 1.54) is 35.3 Å². The molecule has 38 heavy (non-hydrogen) atoms. The highest BCUT2D eigenvalue weighted by molar-refractivity contribution is 5.84. The van der Waals surface area contributed by atoms with Crippen molar-refractivity contribution in [2.24, 2.45) is 0 Å². The molecule has 3 aromatic rings. The molecule has 1 aliphatic carbocycles. The molecule has 206 valence electrons. The number of alkyl halides is 5. The number of halogens is 5. The molecule has 0 bridgehead atoms. The molecule has 12 heteroatoms. The number of hydrogen-bond donors (Lipinski definition) is 3. The number of pyridine rings is 1. The van der Waals surface area contributed by atoms with E-state index >= 15 is 0 Å². The van der Waals surface area contributed by atoms with Crippen molar-refractivity contribution in [3.63, 3.8) is 0 Å². The quantitative estimate of drug-likeness (QED) is 0.386. The Morgan fingerprint density at radius 3 is 2.47 bits per heavy atom. The number of piperidine rings is 1. The normalized spacial score (nSPS) is 30.0. The molecule has 1 aliphatic heterocycles. The molecule has 0 radical (unpaired) electrons. The monoisotopic (exact) mass is 540 g/mol. The predicted molar refractivity (Wildman–Crippen MR) is 128 cm³/mol. The molecule has 2 aromatic heterocycles. The molecule has 3 heterocycles. The van der Waals surface area contributed by atoms with Gasteiger partial charge in [0, 0.05) is 29.2 Å². The standard InChI is InChI=1S/C26H29F5N4O3/c1-14-7-25(37,16-3-4-21(23(27)28)32-12-16)8-17(34-14)13-38-19-5-15-11-33-35(18-9-24(2,36)10-18)22(15)20(6-19)26(29,30)31/h3-6,11-12,14,17-18,23,34,36-37H,7-10,13H2,1-2H3/t14-,17-,18?,24?,25-/m0/s1. The number of nitrogens with zero attached hydrogens (tertiary/aromatic N) is 3. The van der Waals surface area contributed by atoms with Gasteiger partial charge in [-0.25, -0.2) is 8.78 Å². The lowest BCUT2D eigenvalue weighted by Crippen LogP contribution is -2.53. The van der Waals surface area contributed by atoms with Crippen LogP contribution in [0.1, 0.15) is 68.8 Å². The van der Waals surface area contributed by atoms with Gasteiger partial charge in [0.2, 0.25) is 0 Å². The van der Waals surface area contributed by atoms with Gasteiger partial charge in [-0.15, -0.1) is 0 Å². The number of fused-ring (bicyclic) bond motifs is 1. The first kappa shape index (κ1) is 26.8. The summed E-state index contributed by atoms with van der Waals surface area (Å²) in [7, 11) is 0. The van der Waals surface area contributed by atoms with Gasteiger partial charge in [-0.3, -0.25) is 9.67 Å². The van der Waals surface area contributed by atoms with Crippen molar-refractivity contribution >= 4 is 10.9 Å². The van der Waals surface area contributed by atoms with Crippen molar-refractivity contribution in [1.29, 1.82) is 0 Å². The highest BCUT2D eigenvalue weighted by Crippen LogP contribution is 2.45. The lowest BCUT2D eigenvalue weighted by molar-refractivity contribution is -0.136. The van der Waals surface area contributed by atoms with E-state index in [4.69, 9.17) is 4.74 Å².